The molecule has 1 aromatic carbocycles. The number of sulfone groups is 1. The molecule has 1 aromatic rings. The third-order valence-electron chi connectivity index (χ3n) is 2.56. The van der Waals surface area contributed by atoms with Crippen LogP contribution in [0.4, 0.5) is 0 Å². The molecule has 0 heterocycles. The molecule has 0 amide bonds. The number of hydrogen-bond acceptors (Lipinski definition) is 4. The summed E-state index contributed by atoms with van der Waals surface area (Å²) >= 11 is 0. The third-order valence-corrected chi connectivity index (χ3v) is 4.27. The van der Waals surface area contributed by atoms with Gasteiger partial charge in [0.15, 0.2) is 9.84 Å². The molecule has 1 rings (SSSR count). The lowest BCUT2D eigenvalue weighted by Crippen LogP contribution is -2.09. The molecule has 1 N–H and O–H groups in total. The van der Waals surface area contributed by atoms with Gasteiger partial charge in [-0.1, -0.05) is 5.57 Å². The molecule has 0 saturated carbocycles. The van der Waals surface area contributed by atoms with Crippen molar-refractivity contribution in [2.45, 2.75) is 18.2 Å². The van der Waals surface area contributed by atoms with Crippen molar-refractivity contribution < 1.29 is 23.1 Å². The zero-order valence-electron chi connectivity index (χ0n) is 10.8. The summed E-state index contributed by atoms with van der Waals surface area (Å²) in [6.45, 7) is 5.39. The van der Waals surface area contributed by atoms with Crippen LogP contribution in [0.15, 0.2) is 35.2 Å². The molecule has 0 aromatic heterocycles. The van der Waals surface area contributed by atoms with E-state index >= 15 is 0 Å². The van der Waals surface area contributed by atoms with Gasteiger partial charge >= 0.3 is 5.97 Å². The van der Waals surface area contributed by atoms with E-state index in [1.165, 1.54) is 19.2 Å². The Morgan fingerprint density at radius 1 is 1.42 bits per heavy atom. The van der Waals surface area contributed by atoms with E-state index in [-0.39, 0.29) is 22.0 Å². The SMILES string of the molecule is C=C(C)CCS(=O)(=O)c1ccc(OC)c(C(=O)O)c1. The van der Waals surface area contributed by atoms with Gasteiger partial charge in [-0.3, -0.25) is 0 Å². The number of rotatable bonds is 6. The molecule has 104 valence electrons. The number of carboxylic acids is 1. The average molecular weight is 284 g/mol. The van der Waals surface area contributed by atoms with Crippen LogP contribution >= 0.6 is 0 Å². The van der Waals surface area contributed by atoms with Crippen molar-refractivity contribution in [3.8, 4) is 5.75 Å². The van der Waals surface area contributed by atoms with Gasteiger partial charge in [0.05, 0.1) is 17.8 Å². The van der Waals surface area contributed by atoms with Crippen LogP contribution in [-0.2, 0) is 9.84 Å². The standard InChI is InChI=1S/C13H16O5S/c1-9(2)6-7-19(16,17)10-4-5-12(18-3)11(8-10)13(14)15/h4-5,8H,1,6-7H2,2-3H3,(H,14,15). The smallest absolute Gasteiger partial charge is 0.339 e. The Bertz CT molecular complexity index is 601. The van der Waals surface area contributed by atoms with Gasteiger partial charge < -0.3 is 9.84 Å². The van der Waals surface area contributed by atoms with E-state index in [9.17, 15) is 13.2 Å². The summed E-state index contributed by atoms with van der Waals surface area (Å²) in [7, 11) is -2.19. The zero-order valence-corrected chi connectivity index (χ0v) is 11.7. The number of carboxylic acid groups (broad SMARTS) is 1. The number of ether oxygens (including phenoxy) is 1. The molecule has 6 heteroatoms. The number of methoxy groups -OCH3 is 1. The lowest BCUT2D eigenvalue weighted by atomic mass is 10.2. The van der Waals surface area contributed by atoms with Crippen LogP contribution in [0.3, 0.4) is 0 Å². The molecular formula is C13H16O5S. The number of hydrogen-bond donors (Lipinski definition) is 1. The van der Waals surface area contributed by atoms with Crippen LogP contribution in [0, 0.1) is 0 Å². The Kier molecular flexibility index (Phi) is 4.72. The molecule has 0 aliphatic rings. The largest absolute Gasteiger partial charge is 0.496 e. The third kappa shape index (κ3) is 3.82. The second kappa shape index (κ2) is 5.88. The van der Waals surface area contributed by atoms with E-state index in [2.05, 4.69) is 6.58 Å². The van der Waals surface area contributed by atoms with Crippen molar-refractivity contribution >= 4 is 15.8 Å². The summed E-state index contributed by atoms with van der Waals surface area (Å²) < 4.78 is 29.0. The molecule has 0 fully saturated rings. The molecule has 19 heavy (non-hydrogen) atoms. The average Bonchev–Trinajstić information content (AvgIpc) is 2.35. The first-order chi connectivity index (χ1) is 8.77. The lowest BCUT2D eigenvalue weighted by Gasteiger charge is -2.08. The van der Waals surface area contributed by atoms with Crippen molar-refractivity contribution in [3.63, 3.8) is 0 Å². The number of benzene rings is 1. The van der Waals surface area contributed by atoms with Gasteiger partial charge in [0.25, 0.3) is 0 Å². The normalized spacial score (nSPS) is 11.1. The summed E-state index contributed by atoms with van der Waals surface area (Å²) in [6, 6.07) is 3.81. The fourth-order valence-corrected chi connectivity index (χ4v) is 2.90. The molecule has 0 aliphatic carbocycles. The second-order valence-corrected chi connectivity index (χ2v) is 6.30. The van der Waals surface area contributed by atoms with E-state index in [0.717, 1.165) is 11.6 Å². The van der Waals surface area contributed by atoms with Gasteiger partial charge in [0.2, 0.25) is 0 Å². The second-order valence-electron chi connectivity index (χ2n) is 4.19. The quantitative estimate of drug-likeness (QED) is 0.809. The highest BCUT2D eigenvalue weighted by Gasteiger charge is 2.19. The maximum absolute atomic E-state index is 12.0. The number of carbonyl (C=O) groups is 1. The van der Waals surface area contributed by atoms with E-state index in [0.29, 0.717) is 6.42 Å². The van der Waals surface area contributed by atoms with Gasteiger partial charge in [-0.05, 0) is 31.5 Å². The first-order valence-corrected chi connectivity index (χ1v) is 7.21. The predicted molar refractivity (Wildman–Crippen MR) is 71.4 cm³/mol. The van der Waals surface area contributed by atoms with Crippen LogP contribution in [0.2, 0.25) is 0 Å². The maximum atomic E-state index is 12.0. The first-order valence-electron chi connectivity index (χ1n) is 5.56. The Morgan fingerprint density at radius 3 is 2.53 bits per heavy atom. The van der Waals surface area contributed by atoms with Crippen LogP contribution in [0.5, 0.6) is 5.75 Å². The van der Waals surface area contributed by atoms with Crippen LogP contribution in [-0.4, -0.2) is 32.4 Å². The minimum Gasteiger partial charge on any atom is -0.496 e. The van der Waals surface area contributed by atoms with Crippen molar-refractivity contribution in [3.05, 3.63) is 35.9 Å². The topological polar surface area (TPSA) is 80.7 Å². The number of aromatic carboxylic acids is 1. The Labute approximate surface area is 112 Å². The Hall–Kier alpha value is -1.82. The van der Waals surface area contributed by atoms with Crippen molar-refractivity contribution in [2.75, 3.05) is 12.9 Å². The fourth-order valence-electron chi connectivity index (χ4n) is 1.47. The molecule has 0 saturated heterocycles. The summed E-state index contributed by atoms with van der Waals surface area (Å²) in [5, 5.41) is 9.02. The summed E-state index contributed by atoms with van der Waals surface area (Å²) in [6.07, 6.45) is 0.344. The fraction of sp³-hybridized carbons (Fsp3) is 0.308. The van der Waals surface area contributed by atoms with Gasteiger partial charge in [-0.25, -0.2) is 13.2 Å². The van der Waals surface area contributed by atoms with E-state index in [1.54, 1.807) is 6.92 Å². The molecule has 0 atom stereocenters. The van der Waals surface area contributed by atoms with E-state index < -0.39 is 15.8 Å². The predicted octanol–water partition coefficient (Wildman–Crippen LogP) is 2.13. The molecule has 0 radical (unpaired) electrons. The summed E-state index contributed by atoms with van der Waals surface area (Å²) in [4.78, 5) is 11.0. The molecule has 0 bridgehead atoms. The maximum Gasteiger partial charge on any atom is 0.339 e. The summed E-state index contributed by atoms with van der Waals surface area (Å²) in [5.41, 5.74) is 0.592. The molecule has 0 unspecified atom stereocenters. The molecule has 5 nitrogen and oxygen atoms in total. The van der Waals surface area contributed by atoms with Crippen LogP contribution < -0.4 is 4.74 Å². The minimum atomic E-state index is -3.52. The monoisotopic (exact) mass is 284 g/mol. The highest BCUT2D eigenvalue weighted by molar-refractivity contribution is 7.91. The van der Waals surface area contributed by atoms with Gasteiger partial charge in [-0.2, -0.15) is 0 Å². The highest BCUT2D eigenvalue weighted by atomic mass is 32.2. The molecular weight excluding hydrogens is 268 g/mol. The lowest BCUT2D eigenvalue weighted by molar-refractivity contribution is 0.0693. The van der Waals surface area contributed by atoms with Crippen molar-refractivity contribution in [2.24, 2.45) is 0 Å². The van der Waals surface area contributed by atoms with Crippen molar-refractivity contribution in [1.82, 2.24) is 0 Å². The van der Waals surface area contributed by atoms with E-state index in [1.807, 2.05) is 0 Å². The summed E-state index contributed by atoms with van der Waals surface area (Å²) in [5.74, 6) is -1.19. The van der Waals surface area contributed by atoms with Crippen LogP contribution in [0.1, 0.15) is 23.7 Å². The van der Waals surface area contributed by atoms with Crippen molar-refractivity contribution in [1.29, 1.82) is 0 Å². The van der Waals surface area contributed by atoms with Gasteiger partial charge in [-0.15, -0.1) is 6.58 Å². The number of allylic oxidation sites excluding steroid dienone is 1. The molecule has 0 aliphatic heterocycles. The van der Waals surface area contributed by atoms with Gasteiger partial charge in [0, 0.05) is 0 Å². The van der Waals surface area contributed by atoms with Crippen LogP contribution in [0.25, 0.3) is 0 Å². The molecule has 0 spiro atoms. The first kappa shape index (κ1) is 15.2. The minimum absolute atomic E-state index is 0.0213. The van der Waals surface area contributed by atoms with Gasteiger partial charge in [0.1, 0.15) is 11.3 Å². The Morgan fingerprint density at radius 2 is 2.05 bits per heavy atom. The highest BCUT2D eigenvalue weighted by Crippen LogP contribution is 2.23. The zero-order chi connectivity index (χ0) is 14.6. The Balaban J connectivity index is 3.18. The van der Waals surface area contributed by atoms with E-state index in [4.69, 9.17) is 9.84 Å².